The molecule has 0 aliphatic heterocycles. The van der Waals surface area contributed by atoms with Gasteiger partial charge in [-0.1, -0.05) is 74.7 Å². The summed E-state index contributed by atoms with van der Waals surface area (Å²) >= 11 is 3.09. The van der Waals surface area contributed by atoms with Gasteiger partial charge in [-0.05, 0) is 19.3 Å². The monoisotopic (exact) mass is 378 g/mol. The maximum atomic E-state index is 11.8. The van der Waals surface area contributed by atoms with Crippen molar-refractivity contribution in [3.63, 3.8) is 0 Å². The molecule has 0 radical (unpaired) electrons. The molecule has 0 aliphatic carbocycles. The molecule has 0 aromatic heterocycles. The van der Waals surface area contributed by atoms with E-state index in [9.17, 15) is 9.59 Å². The predicted octanol–water partition coefficient (Wildman–Crippen LogP) is 5.08. The van der Waals surface area contributed by atoms with Crippen LogP contribution in [0.1, 0.15) is 84.5 Å². The number of alkyl halides is 1. The van der Waals surface area contributed by atoms with E-state index in [-0.39, 0.29) is 12.5 Å². The fourth-order valence-electron chi connectivity index (χ4n) is 2.39. The molecule has 0 amide bonds. The Morgan fingerprint density at radius 3 is 2.09 bits per heavy atom. The largest absolute Gasteiger partial charge is 0.481 e. The van der Waals surface area contributed by atoms with Gasteiger partial charge in [0, 0.05) is 0 Å². The molecule has 130 valence electrons. The molecule has 5 heteroatoms. The van der Waals surface area contributed by atoms with Crippen molar-refractivity contribution in [3.05, 3.63) is 0 Å². The standard InChI is InChI=1S/C17H31BrO4/c1-3-5-6-7-8-9-10-12-14(11-4-2)22-17(21)15(18)13-16(19)20/h14-15H,3-13H2,1-2H3,(H,19,20). The van der Waals surface area contributed by atoms with Gasteiger partial charge in [0.25, 0.3) is 0 Å². The highest BCUT2D eigenvalue weighted by molar-refractivity contribution is 9.10. The third kappa shape index (κ3) is 12.0. The highest BCUT2D eigenvalue weighted by atomic mass is 79.9. The van der Waals surface area contributed by atoms with E-state index >= 15 is 0 Å². The number of carboxylic acid groups (broad SMARTS) is 1. The summed E-state index contributed by atoms with van der Waals surface area (Å²) in [5.41, 5.74) is 0. The summed E-state index contributed by atoms with van der Waals surface area (Å²) in [6.45, 7) is 4.28. The summed E-state index contributed by atoms with van der Waals surface area (Å²) in [6.07, 6.45) is 11.0. The number of carbonyl (C=O) groups is 2. The first kappa shape index (κ1) is 21.4. The lowest BCUT2D eigenvalue weighted by Crippen LogP contribution is -2.26. The topological polar surface area (TPSA) is 63.6 Å². The van der Waals surface area contributed by atoms with Crippen molar-refractivity contribution in [2.24, 2.45) is 0 Å². The first-order chi connectivity index (χ1) is 10.5. The molecule has 0 saturated carbocycles. The molecule has 0 fully saturated rings. The van der Waals surface area contributed by atoms with Crippen molar-refractivity contribution < 1.29 is 19.4 Å². The van der Waals surface area contributed by atoms with Crippen LogP contribution in [0, 0.1) is 0 Å². The molecule has 0 saturated heterocycles. The van der Waals surface area contributed by atoms with Crippen LogP contribution in [-0.2, 0) is 14.3 Å². The molecule has 2 atom stereocenters. The third-order valence-corrected chi connectivity index (χ3v) is 4.33. The van der Waals surface area contributed by atoms with Gasteiger partial charge in [0.2, 0.25) is 0 Å². The maximum Gasteiger partial charge on any atom is 0.320 e. The summed E-state index contributed by atoms with van der Waals surface area (Å²) in [6, 6.07) is 0. The van der Waals surface area contributed by atoms with Gasteiger partial charge in [-0.2, -0.15) is 0 Å². The Hall–Kier alpha value is -0.580. The summed E-state index contributed by atoms with van der Waals surface area (Å²) < 4.78 is 5.45. The molecular weight excluding hydrogens is 348 g/mol. The average molecular weight is 379 g/mol. The molecular formula is C17H31BrO4. The van der Waals surface area contributed by atoms with Gasteiger partial charge >= 0.3 is 11.9 Å². The lowest BCUT2D eigenvalue weighted by molar-refractivity contribution is -0.151. The molecule has 0 bridgehead atoms. The van der Waals surface area contributed by atoms with Gasteiger partial charge in [0.15, 0.2) is 0 Å². The zero-order chi connectivity index (χ0) is 16.8. The quantitative estimate of drug-likeness (QED) is 0.260. The van der Waals surface area contributed by atoms with E-state index < -0.39 is 16.8 Å². The Bertz CT molecular complexity index is 307. The molecule has 0 aromatic rings. The van der Waals surface area contributed by atoms with E-state index in [0.717, 1.165) is 25.7 Å². The van der Waals surface area contributed by atoms with Crippen LogP contribution in [0.25, 0.3) is 0 Å². The predicted molar refractivity (Wildman–Crippen MR) is 92.4 cm³/mol. The van der Waals surface area contributed by atoms with Gasteiger partial charge in [0.05, 0.1) is 6.42 Å². The minimum Gasteiger partial charge on any atom is -0.481 e. The number of aliphatic carboxylic acids is 1. The SMILES string of the molecule is CCCCCCCCCC(CCC)OC(=O)C(Br)CC(=O)O. The molecule has 0 aromatic carbocycles. The van der Waals surface area contributed by atoms with Gasteiger partial charge in [-0.25, -0.2) is 0 Å². The van der Waals surface area contributed by atoms with E-state index in [0.29, 0.717) is 0 Å². The number of hydrogen-bond acceptors (Lipinski definition) is 3. The number of hydrogen-bond donors (Lipinski definition) is 1. The van der Waals surface area contributed by atoms with Crippen LogP contribution in [0.2, 0.25) is 0 Å². The smallest absolute Gasteiger partial charge is 0.320 e. The number of ether oxygens (including phenoxy) is 1. The Balaban J connectivity index is 3.94. The normalized spacial score (nSPS) is 13.6. The van der Waals surface area contributed by atoms with Crippen LogP contribution in [-0.4, -0.2) is 28.0 Å². The molecule has 4 nitrogen and oxygen atoms in total. The summed E-state index contributed by atoms with van der Waals surface area (Å²) in [4.78, 5) is 21.7. The van der Waals surface area contributed by atoms with Crippen molar-refractivity contribution in [2.45, 2.75) is 95.4 Å². The maximum absolute atomic E-state index is 11.8. The number of unbranched alkanes of at least 4 members (excludes halogenated alkanes) is 6. The molecule has 0 rings (SSSR count). The number of halogens is 1. The van der Waals surface area contributed by atoms with E-state index in [2.05, 4.69) is 29.8 Å². The second-order valence-electron chi connectivity index (χ2n) is 5.82. The van der Waals surface area contributed by atoms with E-state index in [4.69, 9.17) is 9.84 Å². The van der Waals surface area contributed by atoms with Gasteiger partial charge in [0.1, 0.15) is 10.9 Å². The molecule has 1 N–H and O–H groups in total. The fraction of sp³-hybridized carbons (Fsp3) is 0.882. The molecule has 0 aliphatic rings. The number of carbonyl (C=O) groups excluding carboxylic acids is 1. The van der Waals surface area contributed by atoms with Crippen LogP contribution < -0.4 is 0 Å². The van der Waals surface area contributed by atoms with Gasteiger partial charge in [-0.15, -0.1) is 0 Å². The highest BCUT2D eigenvalue weighted by Crippen LogP contribution is 2.17. The minimum absolute atomic E-state index is 0.0815. The third-order valence-electron chi connectivity index (χ3n) is 3.63. The van der Waals surface area contributed by atoms with E-state index in [1.807, 2.05) is 0 Å². The van der Waals surface area contributed by atoms with Crippen LogP contribution in [0.15, 0.2) is 0 Å². The Morgan fingerprint density at radius 1 is 0.955 bits per heavy atom. The first-order valence-corrected chi connectivity index (χ1v) is 9.49. The Labute approximate surface area is 143 Å². The summed E-state index contributed by atoms with van der Waals surface area (Å²) in [7, 11) is 0. The van der Waals surface area contributed by atoms with E-state index in [1.54, 1.807) is 0 Å². The second-order valence-corrected chi connectivity index (χ2v) is 6.93. The van der Waals surface area contributed by atoms with Crippen LogP contribution >= 0.6 is 15.9 Å². The number of carboxylic acids is 1. The Kier molecular flexibility index (Phi) is 13.7. The minimum atomic E-state index is -1.00. The van der Waals surface area contributed by atoms with Crippen molar-refractivity contribution >= 4 is 27.9 Å². The lowest BCUT2D eigenvalue weighted by atomic mass is 10.0. The number of rotatable bonds is 14. The summed E-state index contributed by atoms with van der Waals surface area (Å²) in [5, 5.41) is 8.69. The fourth-order valence-corrected chi connectivity index (χ4v) is 2.77. The zero-order valence-corrected chi connectivity index (χ0v) is 15.6. The molecule has 0 spiro atoms. The van der Waals surface area contributed by atoms with Crippen molar-refractivity contribution in [3.8, 4) is 0 Å². The first-order valence-electron chi connectivity index (χ1n) is 8.57. The van der Waals surface area contributed by atoms with Crippen LogP contribution in [0.3, 0.4) is 0 Å². The van der Waals surface area contributed by atoms with Gasteiger partial charge in [-0.3, -0.25) is 9.59 Å². The second kappa shape index (κ2) is 14.0. The molecule has 2 unspecified atom stereocenters. The average Bonchev–Trinajstić information content (AvgIpc) is 2.45. The zero-order valence-electron chi connectivity index (χ0n) is 14.0. The van der Waals surface area contributed by atoms with E-state index in [1.165, 1.54) is 38.5 Å². The molecule has 0 heterocycles. The molecule has 22 heavy (non-hydrogen) atoms. The Morgan fingerprint density at radius 2 is 1.55 bits per heavy atom. The number of esters is 1. The van der Waals surface area contributed by atoms with Crippen molar-refractivity contribution in [1.82, 2.24) is 0 Å². The van der Waals surface area contributed by atoms with Crippen molar-refractivity contribution in [1.29, 1.82) is 0 Å². The van der Waals surface area contributed by atoms with Crippen LogP contribution in [0.4, 0.5) is 0 Å². The van der Waals surface area contributed by atoms with Crippen LogP contribution in [0.5, 0.6) is 0 Å². The highest BCUT2D eigenvalue weighted by Gasteiger charge is 2.23. The van der Waals surface area contributed by atoms with Crippen molar-refractivity contribution in [2.75, 3.05) is 0 Å². The summed E-state index contributed by atoms with van der Waals surface area (Å²) in [5.74, 6) is -1.46. The van der Waals surface area contributed by atoms with Gasteiger partial charge < -0.3 is 9.84 Å². The lowest BCUT2D eigenvalue weighted by Gasteiger charge is -2.19.